The molecule has 0 aliphatic carbocycles. The van der Waals surface area contributed by atoms with Gasteiger partial charge in [0.15, 0.2) is 0 Å². The first kappa shape index (κ1) is 19.6. The molecule has 2 aromatic carbocycles. The second-order valence-corrected chi connectivity index (χ2v) is 7.54. The Morgan fingerprint density at radius 2 is 1.81 bits per heavy atom. The molecule has 8 nitrogen and oxygen atoms in total. The van der Waals surface area contributed by atoms with Crippen molar-refractivity contribution in [1.29, 1.82) is 0 Å². The Kier molecular flexibility index (Phi) is 4.37. The number of rotatable bonds is 3. The maximum Gasteiger partial charge on any atom is 0.344 e. The number of anilines is 1. The molecule has 2 aliphatic heterocycles. The molecule has 1 atom stereocenters. The van der Waals surface area contributed by atoms with Crippen molar-refractivity contribution >= 4 is 17.6 Å². The molecule has 0 radical (unpaired) electrons. The van der Waals surface area contributed by atoms with Crippen LogP contribution in [0.15, 0.2) is 81.3 Å². The molecule has 3 N–H and O–H groups in total. The summed E-state index contributed by atoms with van der Waals surface area (Å²) < 4.78 is 16.4. The van der Waals surface area contributed by atoms with E-state index < -0.39 is 22.9 Å². The summed E-state index contributed by atoms with van der Waals surface area (Å²) in [7, 11) is 0. The van der Waals surface area contributed by atoms with Crippen molar-refractivity contribution in [2.24, 2.45) is 5.73 Å². The number of ether oxygens (including phenoxy) is 2. The Hall–Kier alpha value is -4.33. The van der Waals surface area contributed by atoms with Crippen molar-refractivity contribution in [3.8, 4) is 5.75 Å². The maximum atomic E-state index is 13.5. The molecule has 3 aromatic rings. The molecule has 1 aromatic heterocycles. The highest BCUT2D eigenvalue weighted by Gasteiger charge is 2.60. The quantitative estimate of drug-likeness (QED) is 0.613. The predicted octanol–water partition coefficient (Wildman–Crippen LogP) is 2.49. The van der Waals surface area contributed by atoms with Gasteiger partial charge in [-0.3, -0.25) is 4.79 Å². The van der Waals surface area contributed by atoms with E-state index in [-0.39, 0.29) is 35.1 Å². The molecule has 3 heterocycles. The molecule has 8 heteroatoms. The molecule has 5 rings (SSSR count). The fourth-order valence-corrected chi connectivity index (χ4v) is 4.28. The molecule has 0 bridgehead atoms. The summed E-state index contributed by atoms with van der Waals surface area (Å²) in [5.74, 6) is -1.47. The molecule has 160 valence electrons. The lowest BCUT2D eigenvalue weighted by Gasteiger charge is -2.34. The van der Waals surface area contributed by atoms with Crippen LogP contribution in [0, 0.1) is 6.92 Å². The number of benzene rings is 2. The standard InChI is InChI=1S/C24H18N2O6/c1-13-11-17-18(22(28)31-13)24(15-9-5-6-10-16(15)26-23(24)29)19(20(25)32-17)21(27)30-12-14-7-3-2-4-8-14/h2-11H,12,25H2,1H3,(H,26,29). The molecule has 0 saturated carbocycles. The van der Waals surface area contributed by atoms with Crippen LogP contribution in [0.4, 0.5) is 5.69 Å². The summed E-state index contributed by atoms with van der Waals surface area (Å²) in [5, 5.41) is 2.75. The fourth-order valence-electron chi connectivity index (χ4n) is 4.28. The summed E-state index contributed by atoms with van der Waals surface area (Å²) in [6, 6.07) is 17.3. The van der Waals surface area contributed by atoms with E-state index in [9.17, 15) is 14.4 Å². The average Bonchev–Trinajstić information content (AvgIpc) is 3.04. The van der Waals surface area contributed by atoms with Gasteiger partial charge in [0.25, 0.3) is 0 Å². The third-order valence-corrected chi connectivity index (χ3v) is 5.59. The first-order chi connectivity index (χ1) is 15.4. The van der Waals surface area contributed by atoms with E-state index in [4.69, 9.17) is 19.6 Å². The Morgan fingerprint density at radius 3 is 2.59 bits per heavy atom. The molecule has 32 heavy (non-hydrogen) atoms. The Labute approximate surface area is 182 Å². The lowest BCUT2D eigenvalue weighted by molar-refractivity contribution is -0.142. The molecule has 2 aliphatic rings. The molecular formula is C24H18N2O6. The molecule has 0 saturated heterocycles. The van der Waals surface area contributed by atoms with Gasteiger partial charge in [-0.1, -0.05) is 48.5 Å². The summed E-state index contributed by atoms with van der Waals surface area (Å²) in [6.07, 6.45) is 0. The summed E-state index contributed by atoms with van der Waals surface area (Å²) in [5.41, 5.74) is 4.72. The smallest absolute Gasteiger partial charge is 0.344 e. The monoisotopic (exact) mass is 430 g/mol. The highest BCUT2D eigenvalue weighted by Crippen LogP contribution is 2.52. The van der Waals surface area contributed by atoms with Gasteiger partial charge >= 0.3 is 11.6 Å². The minimum absolute atomic E-state index is 0.0504. The Balaban J connectivity index is 1.72. The minimum Gasteiger partial charge on any atom is -0.457 e. The number of hydrogen-bond acceptors (Lipinski definition) is 7. The number of nitrogens with one attached hydrogen (secondary N) is 1. The van der Waals surface area contributed by atoms with Crippen molar-refractivity contribution in [3.05, 3.63) is 105 Å². The lowest BCUT2D eigenvalue weighted by Crippen LogP contribution is -2.48. The van der Waals surface area contributed by atoms with Crippen molar-refractivity contribution < 1.29 is 23.5 Å². The van der Waals surface area contributed by atoms with Crippen LogP contribution in [0.3, 0.4) is 0 Å². The lowest BCUT2D eigenvalue weighted by atomic mass is 9.69. The number of nitrogens with two attached hydrogens (primary N) is 1. The fraction of sp³-hybridized carbons (Fsp3) is 0.125. The van der Waals surface area contributed by atoms with E-state index >= 15 is 0 Å². The van der Waals surface area contributed by atoms with E-state index in [1.54, 1.807) is 43.3 Å². The first-order valence-electron chi connectivity index (χ1n) is 9.88. The zero-order chi connectivity index (χ0) is 22.5. The van der Waals surface area contributed by atoms with Crippen LogP contribution in [0.1, 0.15) is 22.5 Å². The minimum atomic E-state index is -1.86. The first-order valence-corrected chi connectivity index (χ1v) is 9.88. The summed E-state index contributed by atoms with van der Waals surface area (Å²) >= 11 is 0. The number of carbonyl (C=O) groups excluding carboxylic acids is 2. The number of hydrogen-bond donors (Lipinski definition) is 2. The van der Waals surface area contributed by atoms with Gasteiger partial charge in [0.1, 0.15) is 34.7 Å². The summed E-state index contributed by atoms with van der Waals surface area (Å²) in [6.45, 7) is 1.52. The molecule has 1 unspecified atom stereocenters. The van der Waals surface area contributed by atoms with Crippen LogP contribution in [-0.2, 0) is 26.3 Å². The van der Waals surface area contributed by atoms with Crippen LogP contribution in [0.2, 0.25) is 0 Å². The van der Waals surface area contributed by atoms with E-state index in [1.807, 2.05) is 18.2 Å². The van der Waals surface area contributed by atoms with Crippen LogP contribution >= 0.6 is 0 Å². The predicted molar refractivity (Wildman–Crippen MR) is 114 cm³/mol. The maximum absolute atomic E-state index is 13.5. The third-order valence-electron chi connectivity index (χ3n) is 5.59. The van der Waals surface area contributed by atoms with Crippen LogP contribution in [0.25, 0.3) is 0 Å². The molecular weight excluding hydrogens is 412 g/mol. The van der Waals surface area contributed by atoms with Crippen molar-refractivity contribution in [2.75, 3.05) is 5.32 Å². The summed E-state index contributed by atoms with van der Waals surface area (Å²) in [4.78, 5) is 39.8. The Morgan fingerprint density at radius 1 is 1.09 bits per heavy atom. The number of carbonyl (C=O) groups is 2. The van der Waals surface area contributed by atoms with Gasteiger partial charge in [-0.2, -0.15) is 0 Å². The van der Waals surface area contributed by atoms with E-state index in [2.05, 4.69) is 5.32 Å². The van der Waals surface area contributed by atoms with Crippen molar-refractivity contribution in [2.45, 2.75) is 18.9 Å². The highest BCUT2D eigenvalue weighted by atomic mass is 16.5. The van der Waals surface area contributed by atoms with E-state index in [0.717, 1.165) is 5.56 Å². The Bertz CT molecular complexity index is 1360. The number of para-hydroxylation sites is 1. The van der Waals surface area contributed by atoms with Crippen molar-refractivity contribution in [3.63, 3.8) is 0 Å². The number of aryl methyl sites for hydroxylation is 1. The molecule has 0 fully saturated rings. The van der Waals surface area contributed by atoms with Crippen LogP contribution in [0.5, 0.6) is 5.75 Å². The van der Waals surface area contributed by atoms with Crippen LogP contribution < -0.4 is 21.4 Å². The number of fused-ring (bicyclic) bond motifs is 4. The van der Waals surface area contributed by atoms with E-state index in [1.165, 1.54) is 6.07 Å². The van der Waals surface area contributed by atoms with Gasteiger partial charge in [0.2, 0.25) is 11.8 Å². The van der Waals surface area contributed by atoms with Gasteiger partial charge in [-0.15, -0.1) is 0 Å². The number of esters is 1. The van der Waals surface area contributed by atoms with Gasteiger partial charge in [-0.25, -0.2) is 9.59 Å². The molecule has 1 amide bonds. The zero-order valence-corrected chi connectivity index (χ0v) is 17.0. The van der Waals surface area contributed by atoms with Gasteiger partial charge < -0.3 is 24.9 Å². The highest BCUT2D eigenvalue weighted by molar-refractivity contribution is 6.17. The van der Waals surface area contributed by atoms with Crippen LogP contribution in [-0.4, -0.2) is 11.9 Å². The SMILES string of the molecule is Cc1cc2c(c(=O)o1)C1(C(=O)Nc3ccccc31)C(C(=O)OCc1ccccc1)=C(N)O2. The van der Waals surface area contributed by atoms with E-state index in [0.29, 0.717) is 11.3 Å². The average molecular weight is 430 g/mol. The van der Waals surface area contributed by atoms with Crippen molar-refractivity contribution in [1.82, 2.24) is 0 Å². The third kappa shape index (κ3) is 2.73. The second-order valence-electron chi connectivity index (χ2n) is 7.54. The van der Waals surface area contributed by atoms with Gasteiger partial charge in [-0.05, 0) is 18.6 Å². The number of amides is 1. The zero-order valence-electron chi connectivity index (χ0n) is 17.0. The second kappa shape index (κ2) is 7.12. The van der Waals surface area contributed by atoms with Gasteiger partial charge in [0.05, 0.1) is 0 Å². The molecule has 1 spiro atoms. The topological polar surface area (TPSA) is 121 Å². The van der Waals surface area contributed by atoms with Gasteiger partial charge in [0, 0.05) is 17.3 Å². The normalized spacial score (nSPS) is 18.6. The largest absolute Gasteiger partial charge is 0.457 e.